The molecule has 0 saturated heterocycles. The molecular formula is C18H30. The van der Waals surface area contributed by atoms with Crippen LogP contribution in [0.3, 0.4) is 0 Å². The van der Waals surface area contributed by atoms with Crippen molar-refractivity contribution in [3.8, 4) is 11.8 Å². The maximum atomic E-state index is 3.46. The summed E-state index contributed by atoms with van der Waals surface area (Å²) < 4.78 is 0. The van der Waals surface area contributed by atoms with E-state index in [1.807, 2.05) is 6.92 Å². The fourth-order valence-electron chi connectivity index (χ4n) is 4.05. The van der Waals surface area contributed by atoms with Gasteiger partial charge in [-0.1, -0.05) is 51.9 Å². The Morgan fingerprint density at radius 1 is 0.889 bits per heavy atom. The number of hydrogen-bond acceptors (Lipinski definition) is 0. The largest absolute Gasteiger partial charge is 0.106 e. The SMILES string of the molecule is CC#CC1C[C@@H](CC2CCC(C)CC2)CC[C@H]1C. The molecule has 18 heavy (non-hydrogen) atoms. The summed E-state index contributed by atoms with van der Waals surface area (Å²) in [5, 5.41) is 0. The summed E-state index contributed by atoms with van der Waals surface area (Å²) in [6.45, 7) is 6.82. The predicted octanol–water partition coefficient (Wildman–Crippen LogP) is 5.28. The van der Waals surface area contributed by atoms with Gasteiger partial charge in [0, 0.05) is 5.92 Å². The maximum Gasteiger partial charge on any atom is 0.0231 e. The van der Waals surface area contributed by atoms with Gasteiger partial charge in [0.05, 0.1) is 0 Å². The van der Waals surface area contributed by atoms with E-state index in [1.54, 1.807) is 0 Å². The summed E-state index contributed by atoms with van der Waals surface area (Å²) in [6, 6.07) is 0. The first-order valence-corrected chi connectivity index (χ1v) is 8.11. The van der Waals surface area contributed by atoms with Crippen LogP contribution in [0.1, 0.15) is 72.1 Å². The van der Waals surface area contributed by atoms with E-state index < -0.39 is 0 Å². The van der Waals surface area contributed by atoms with E-state index in [-0.39, 0.29) is 0 Å². The Kier molecular flexibility index (Phi) is 5.16. The zero-order valence-corrected chi connectivity index (χ0v) is 12.5. The second kappa shape index (κ2) is 6.65. The summed E-state index contributed by atoms with van der Waals surface area (Å²) >= 11 is 0. The van der Waals surface area contributed by atoms with E-state index >= 15 is 0 Å². The highest BCUT2D eigenvalue weighted by Gasteiger charge is 2.29. The van der Waals surface area contributed by atoms with Crippen LogP contribution < -0.4 is 0 Å². The highest BCUT2D eigenvalue weighted by molar-refractivity contribution is 5.04. The van der Waals surface area contributed by atoms with Crippen molar-refractivity contribution in [3.05, 3.63) is 0 Å². The third-order valence-corrected chi connectivity index (χ3v) is 5.44. The van der Waals surface area contributed by atoms with Crippen molar-refractivity contribution >= 4 is 0 Å². The average Bonchev–Trinajstić information content (AvgIpc) is 2.37. The minimum Gasteiger partial charge on any atom is -0.106 e. The lowest BCUT2D eigenvalue weighted by Gasteiger charge is -2.35. The van der Waals surface area contributed by atoms with Gasteiger partial charge in [-0.15, -0.1) is 5.92 Å². The van der Waals surface area contributed by atoms with Crippen LogP contribution in [0.5, 0.6) is 0 Å². The quantitative estimate of drug-likeness (QED) is 0.582. The molecule has 0 aromatic heterocycles. The highest BCUT2D eigenvalue weighted by atomic mass is 14.3. The molecule has 2 fully saturated rings. The Labute approximate surface area is 114 Å². The van der Waals surface area contributed by atoms with Gasteiger partial charge in [-0.2, -0.15) is 0 Å². The Morgan fingerprint density at radius 3 is 2.22 bits per heavy atom. The Morgan fingerprint density at radius 2 is 1.56 bits per heavy atom. The van der Waals surface area contributed by atoms with Gasteiger partial charge in [0.25, 0.3) is 0 Å². The zero-order valence-electron chi connectivity index (χ0n) is 12.5. The van der Waals surface area contributed by atoms with E-state index in [0.29, 0.717) is 5.92 Å². The van der Waals surface area contributed by atoms with Gasteiger partial charge < -0.3 is 0 Å². The molecular weight excluding hydrogens is 216 g/mol. The monoisotopic (exact) mass is 246 g/mol. The Hall–Kier alpha value is -0.440. The molecule has 0 nitrogen and oxygen atoms in total. The molecule has 102 valence electrons. The third-order valence-electron chi connectivity index (χ3n) is 5.44. The summed E-state index contributed by atoms with van der Waals surface area (Å²) in [6.07, 6.45) is 11.7. The smallest absolute Gasteiger partial charge is 0.0231 e. The fourth-order valence-corrected chi connectivity index (χ4v) is 4.05. The summed E-state index contributed by atoms with van der Waals surface area (Å²) in [7, 11) is 0. The molecule has 0 aromatic carbocycles. The van der Waals surface area contributed by atoms with Gasteiger partial charge in [-0.3, -0.25) is 0 Å². The molecule has 0 N–H and O–H groups in total. The molecule has 1 unspecified atom stereocenters. The first-order chi connectivity index (χ1) is 8.69. The van der Waals surface area contributed by atoms with E-state index in [0.717, 1.165) is 23.7 Å². The normalized spacial score (nSPS) is 40.9. The molecule has 2 rings (SSSR count). The minimum atomic E-state index is 0.691. The molecule has 3 atom stereocenters. The lowest BCUT2D eigenvalue weighted by molar-refractivity contribution is 0.177. The summed E-state index contributed by atoms with van der Waals surface area (Å²) in [5.41, 5.74) is 0. The second-order valence-corrected chi connectivity index (χ2v) is 7.02. The fraction of sp³-hybridized carbons (Fsp3) is 0.889. The molecule has 0 spiro atoms. The van der Waals surface area contributed by atoms with E-state index in [1.165, 1.54) is 51.4 Å². The molecule has 0 bridgehead atoms. The van der Waals surface area contributed by atoms with Gasteiger partial charge in [0.2, 0.25) is 0 Å². The van der Waals surface area contributed by atoms with Crippen LogP contribution in [0.2, 0.25) is 0 Å². The van der Waals surface area contributed by atoms with E-state index in [9.17, 15) is 0 Å². The summed E-state index contributed by atoms with van der Waals surface area (Å²) in [4.78, 5) is 0. The van der Waals surface area contributed by atoms with Crippen molar-refractivity contribution in [2.24, 2.45) is 29.6 Å². The molecule has 0 radical (unpaired) electrons. The van der Waals surface area contributed by atoms with Crippen LogP contribution in [0.15, 0.2) is 0 Å². The first kappa shape index (κ1) is 14.0. The Balaban J connectivity index is 1.80. The van der Waals surface area contributed by atoms with Crippen LogP contribution in [0.4, 0.5) is 0 Å². The number of rotatable bonds is 2. The van der Waals surface area contributed by atoms with E-state index in [2.05, 4.69) is 25.7 Å². The summed E-state index contributed by atoms with van der Waals surface area (Å²) in [5.74, 6) is 11.1. The van der Waals surface area contributed by atoms with Crippen LogP contribution in [0.25, 0.3) is 0 Å². The van der Waals surface area contributed by atoms with Gasteiger partial charge in [0.1, 0.15) is 0 Å². The van der Waals surface area contributed by atoms with Crippen molar-refractivity contribution < 1.29 is 0 Å². The second-order valence-electron chi connectivity index (χ2n) is 7.02. The highest BCUT2D eigenvalue weighted by Crippen LogP contribution is 2.40. The third kappa shape index (κ3) is 3.78. The first-order valence-electron chi connectivity index (χ1n) is 8.11. The van der Waals surface area contributed by atoms with Crippen LogP contribution in [-0.4, -0.2) is 0 Å². The van der Waals surface area contributed by atoms with Gasteiger partial charge in [-0.05, 0) is 49.9 Å². The molecule has 0 aliphatic heterocycles. The molecule has 0 aromatic rings. The van der Waals surface area contributed by atoms with Crippen LogP contribution >= 0.6 is 0 Å². The number of hydrogen-bond donors (Lipinski definition) is 0. The topological polar surface area (TPSA) is 0 Å². The predicted molar refractivity (Wildman–Crippen MR) is 79.2 cm³/mol. The van der Waals surface area contributed by atoms with Gasteiger partial charge >= 0.3 is 0 Å². The molecule has 0 heteroatoms. The molecule has 2 aliphatic carbocycles. The zero-order chi connectivity index (χ0) is 13.0. The Bertz CT molecular complexity index is 298. The standard InChI is InChI=1S/C18H30/c1-4-5-18-13-17(11-8-15(18)3)12-16-9-6-14(2)7-10-16/h14-18H,6-13H2,1-3H3/t14?,15-,16?,17-,18?/m1/s1. The van der Waals surface area contributed by atoms with Crippen LogP contribution in [-0.2, 0) is 0 Å². The van der Waals surface area contributed by atoms with Crippen molar-refractivity contribution in [2.75, 3.05) is 0 Å². The maximum absolute atomic E-state index is 3.46. The van der Waals surface area contributed by atoms with Crippen molar-refractivity contribution in [2.45, 2.75) is 72.1 Å². The molecule has 0 amide bonds. The van der Waals surface area contributed by atoms with Crippen LogP contribution in [0, 0.1) is 41.4 Å². The minimum absolute atomic E-state index is 0.691. The average molecular weight is 246 g/mol. The molecule has 2 aliphatic rings. The van der Waals surface area contributed by atoms with Crippen molar-refractivity contribution in [1.82, 2.24) is 0 Å². The lowest BCUT2D eigenvalue weighted by atomic mass is 9.70. The van der Waals surface area contributed by atoms with Crippen molar-refractivity contribution in [3.63, 3.8) is 0 Å². The van der Waals surface area contributed by atoms with Gasteiger partial charge in [0.15, 0.2) is 0 Å². The lowest BCUT2D eigenvalue weighted by Crippen LogP contribution is -2.24. The van der Waals surface area contributed by atoms with E-state index in [4.69, 9.17) is 0 Å². The van der Waals surface area contributed by atoms with Gasteiger partial charge in [-0.25, -0.2) is 0 Å². The molecule has 2 saturated carbocycles. The molecule has 0 heterocycles. The van der Waals surface area contributed by atoms with Crippen molar-refractivity contribution in [1.29, 1.82) is 0 Å².